The smallest absolute Gasteiger partial charge is 0.250 e. The average molecular weight is 238 g/mol. The lowest BCUT2D eigenvalue weighted by Gasteiger charge is -2.13. The molecule has 0 aromatic heterocycles. The number of nitrogens with one attached hydrogen (secondary N) is 1. The van der Waals surface area contributed by atoms with Crippen molar-refractivity contribution in [2.75, 3.05) is 26.8 Å². The van der Waals surface area contributed by atoms with Crippen molar-refractivity contribution >= 4 is 5.91 Å². The summed E-state index contributed by atoms with van der Waals surface area (Å²) < 4.78 is 10.3. The topological polar surface area (TPSA) is 73.6 Å². The van der Waals surface area contributed by atoms with Crippen LogP contribution in [0.25, 0.3) is 0 Å². The van der Waals surface area contributed by atoms with Gasteiger partial charge >= 0.3 is 0 Å². The van der Waals surface area contributed by atoms with Crippen LogP contribution in [0.4, 0.5) is 0 Å². The van der Waals surface area contributed by atoms with E-state index < -0.39 is 6.10 Å². The molecule has 1 unspecified atom stereocenters. The van der Waals surface area contributed by atoms with E-state index in [0.717, 1.165) is 5.75 Å². The SMILES string of the molecule is COC(CN)C(=O)NCCOc1ccccc1. The van der Waals surface area contributed by atoms with E-state index >= 15 is 0 Å². The van der Waals surface area contributed by atoms with Gasteiger partial charge in [0.05, 0.1) is 6.54 Å². The minimum Gasteiger partial charge on any atom is -0.492 e. The zero-order chi connectivity index (χ0) is 12.5. The van der Waals surface area contributed by atoms with Gasteiger partial charge in [0, 0.05) is 13.7 Å². The van der Waals surface area contributed by atoms with Crippen LogP contribution in [0.3, 0.4) is 0 Å². The molecule has 0 bridgehead atoms. The van der Waals surface area contributed by atoms with Gasteiger partial charge in [-0.05, 0) is 12.1 Å². The Morgan fingerprint density at radius 1 is 1.41 bits per heavy atom. The number of hydrogen-bond donors (Lipinski definition) is 2. The predicted octanol–water partition coefficient (Wildman–Crippen LogP) is 0.155. The molecule has 1 atom stereocenters. The number of nitrogens with two attached hydrogens (primary N) is 1. The van der Waals surface area contributed by atoms with Crippen molar-refractivity contribution in [1.82, 2.24) is 5.32 Å². The molecule has 5 heteroatoms. The van der Waals surface area contributed by atoms with Gasteiger partial charge in [0.25, 0.3) is 5.91 Å². The van der Waals surface area contributed by atoms with Crippen molar-refractivity contribution in [3.05, 3.63) is 30.3 Å². The van der Waals surface area contributed by atoms with Crippen LogP contribution in [0.2, 0.25) is 0 Å². The third-order valence-corrected chi connectivity index (χ3v) is 2.20. The van der Waals surface area contributed by atoms with Gasteiger partial charge in [-0.1, -0.05) is 18.2 Å². The van der Waals surface area contributed by atoms with Crippen molar-refractivity contribution in [3.8, 4) is 5.75 Å². The molecule has 1 amide bonds. The van der Waals surface area contributed by atoms with Gasteiger partial charge in [-0.25, -0.2) is 0 Å². The highest BCUT2D eigenvalue weighted by atomic mass is 16.5. The average Bonchev–Trinajstić information content (AvgIpc) is 2.37. The second-order valence-electron chi connectivity index (χ2n) is 3.41. The highest BCUT2D eigenvalue weighted by Gasteiger charge is 2.14. The maximum absolute atomic E-state index is 11.4. The summed E-state index contributed by atoms with van der Waals surface area (Å²) in [5, 5.41) is 2.69. The van der Waals surface area contributed by atoms with Crippen molar-refractivity contribution in [1.29, 1.82) is 0 Å². The number of rotatable bonds is 7. The van der Waals surface area contributed by atoms with Crippen LogP contribution in [0.15, 0.2) is 30.3 Å². The molecule has 94 valence electrons. The van der Waals surface area contributed by atoms with E-state index in [-0.39, 0.29) is 12.5 Å². The van der Waals surface area contributed by atoms with Gasteiger partial charge in [0.15, 0.2) is 0 Å². The number of para-hydroxylation sites is 1. The summed E-state index contributed by atoms with van der Waals surface area (Å²) in [7, 11) is 1.46. The van der Waals surface area contributed by atoms with E-state index in [1.54, 1.807) is 0 Å². The summed E-state index contributed by atoms with van der Waals surface area (Å²) in [4.78, 5) is 11.4. The minimum atomic E-state index is -0.591. The summed E-state index contributed by atoms with van der Waals surface area (Å²) in [5.74, 6) is 0.565. The normalized spacial score (nSPS) is 11.9. The van der Waals surface area contributed by atoms with E-state index in [1.807, 2.05) is 30.3 Å². The van der Waals surface area contributed by atoms with Crippen molar-refractivity contribution in [2.45, 2.75) is 6.10 Å². The molecule has 0 radical (unpaired) electrons. The van der Waals surface area contributed by atoms with Gasteiger partial charge in [0.2, 0.25) is 0 Å². The van der Waals surface area contributed by atoms with E-state index in [0.29, 0.717) is 13.2 Å². The highest BCUT2D eigenvalue weighted by Crippen LogP contribution is 2.07. The monoisotopic (exact) mass is 238 g/mol. The third-order valence-electron chi connectivity index (χ3n) is 2.20. The Morgan fingerprint density at radius 2 is 2.12 bits per heavy atom. The summed E-state index contributed by atoms with van der Waals surface area (Å²) in [5.41, 5.74) is 5.36. The Kier molecular flexibility index (Phi) is 6.06. The largest absolute Gasteiger partial charge is 0.492 e. The molecule has 5 nitrogen and oxygen atoms in total. The number of carbonyl (C=O) groups excluding carboxylic acids is 1. The van der Waals surface area contributed by atoms with E-state index in [9.17, 15) is 4.79 Å². The third kappa shape index (κ3) is 4.84. The van der Waals surface area contributed by atoms with Crippen LogP contribution in [0.1, 0.15) is 0 Å². The van der Waals surface area contributed by atoms with Crippen LogP contribution in [0, 0.1) is 0 Å². The van der Waals surface area contributed by atoms with E-state index in [4.69, 9.17) is 15.2 Å². The minimum absolute atomic E-state index is 0.169. The molecular weight excluding hydrogens is 220 g/mol. The molecule has 0 aliphatic rings. The molecule has 17 heavy (non-hydrogen) atoms. The van der Waals surface area contributed by atoms with Gasteiger partial charge < -0.3 is 20.5 Å². The summed E-state index contributed by atoms with van der Waals surface area (Å²) >= 11 is 0. The number of hydrogen-bond acceptors (Lipinski definition) is 4. The molecule has 0 saturated heterocycles. The molecule has 1 aromatic carbocycles. The molecule has 0 aliphatic heterocycles. The van der Waals surface area contributed by atoms with Crippen LogP contribution in [0.5, 0.6) is 5.75 Å². The molecule has 0 spiro atoms. The zero-order valence-electron chi connectivity index (χ0n) is 9.89. The number of benzene rings is 1. The van der Waals surface area contributed by atoms with E-state index in [1.165, 1.54) is 7.11 Å². The van der Waals surface area contributed by atoms with Gasteiger partial charge in [-0.3, -0.25) is 4.79 Å². The molecule has 0 fully saturated rings. The summed E-state index contributed by atoms with van der Waals surface area (Å²) in [6.07, 6.45) is -0.591. The van der Waals surface area contributed by atoms with Crippen molar-refractivity contribution < 1.29 is 14.3 Å². The number of amides is 1. The molecule has 0 heterocycles. The van der Waals surface area contributed by atoms with Crippen molar-refractivity contribution in [2.24, 2.45) is 5.73 Å². The lowest BCUT2D eigenvalue weighted by molar-refractivity contribution is -0.130. The zero-order valence-corrected chi connectivity index (χ0v) is 9.89. The Morgan fingerprint density at radius 3 is 2.71 bits per heavy atom. The van der Waals surface area contributed by atoms with E-state index in [2.05, 4.69) is 5.32 Å². The summed E-state index contributed by atoms with van der Waals surface area (Å²) in [6.45, 7) is 1.01. The lowest BCUT2D eigenvalue weighted by Crippen LogP contribution is -2.41. The lowest BCUT2D eigenvalue weighted by atomic mass is 10.3. The van der Waals surface area contributed by atoms with Crippen molar-refractivity contribution in [3.63, 3.8) is 0 Å². The van der Waals surface area contributed by atoms with Gasteiger partial charge in [-0.15, -0.1) is 0 Å². The Labute approximate surface area is 101 Å². The number of carbonyl (C=O) groups is 1. The standard InChI is InChI=1S/C12H18N2O3/c1-16-11(9-13)12(15)14-7-8-17-10-5-3-2-4-6-10/h2-6,11H,7-9,13H2,1H3,(H,14,15). The maximum Gasteiger partial charge on any atom is 0.250 e. The van der Waals surface area contributed by atoms with Crippen LogP contribution in [-0.2, 0) is 9.53 Å². The number of methoxy groups -OCH3 is 1. The predicted molar refractivity (Wildman–Crippen MR) is 64.8 cm³/mol. The first-order chi connectivity index (χ1) is 8.27. The highest BCUT2D eigenvalue weighted by molar-refractivity contribution is 5.80. The number of ether oxygens (including phenoxy) is 2. The molecule has 0 aliphatic carbocycles. The fraction of sp³-hybridized carbons (Fsp3) is 0.417. The fourth-order valence-electron chi connectivity index (χ4n) is 1.28. The first kappa shape index (κ1) is 13.5. The Balaban J connectivity index is 2.18. The summed E-state index contributed by atoms with van der Waals surface area (Å²) in [6, 6.07) is 9.42. The Hall–Kier alpha value is -1.59. The first-order valence-electron chi connectivity index (χ1n) is 5.46. The molecule has 1 aromatic rings. The molecule has 0 saturated carbocycles. The Bertz CT molecular complexity index is 326. The van der Waals surface area contributed by atoms with Crippen LogP contribution < -0.4 is 15.8 Å². The van der Waals surface area contributed by atoms with Crippen LogP contribution >= 0.6 is 0 Å². The molecule has 3 N–H and O–H groups in total. The maximum atomic E-state index is 11.4. The molecule has 1 rings (SSSR count). The quantitative estimate of drug-likeness (QED) is 0.663. The fourth-order valence-corrected chi connectivity index (χ4v) is 1.28. The van der Waals surface area contributed by atoms with Gasteiger partial charge in [-0.2, -0.15) is 0 Å². The van der Waals surface area contributed by atoms with Gasteiger partial charge in [0.1, 0.15) is 18.5 Å². The second kappa shape index (κ2) is 7.65. The first-order valence-corrected chi connectivity index (χ1v) is 5.46. The molecular formula is C12H18N2O3. The van der Waals surface area contributed by atoms with Crippen LogP contribution in [-0.4, -0.2) is 38.8 Å². The second-order valence-corrected chi connectivity index (χ2v) is 3.41.